The normalized spacial score (nSPS) is 9.95. The number of aromatic nitrogens is 1. The minimum Gasteiger partial charge on any atom is -0.478 e. The number of hydrogen-bond acceptors (Lipinski definition) is 5. The van der Waals surface area contributed by atoms with E-state index < -0.39 is 5.97 Å². The van der Waals surface area contributed by atoms with Crippen molar-refractivity contribution in [2.45, 2.75) is 13.3 Å². The highest BCUT2D eigenvalue weighted by Gasteiger charge is 2.13. The number of rotatable bonds is 7. The van der Waals surface area contributed by atoms with Crippen LogP contribution in [0.5, 0.6) is 0 Å². The van der Waals surface area contributed by atoms with Crippen LogP contribution in [0.2, 0.25) is 0 Å². The summed E-state index contributed by atoms with van der Waals surface area (Å²) in [7, 11) is 1.61. The first-order valence-corrected chi connectivity index (χ1v) is 5.91. The lowest BCUT2D eigenvalue weighted by Crippen LogP contribution is -2.29. The van der Waals surface area contributed by atoms with Crippen molar-refractivity contribution in [3.63, 3.8) is 0 Å². The van der Waals surface area contributed by atoms with Crippen molar-refractivity contribution < 1.29 is 14.6 Å². The Morgan fingerprint density at radius 1 is 1.58 bits per heavy atom. The molecule has 102 valence electrons. The van der Waals surface area contributed by atoms with Gasteiger partial charge in [-0.05, 0) is 18.6 Å². The quantitative estimate of drug-likeness (QED) is 0.801. The highest BCUT2D eigenvalue weighted by molar-refractivity contribution is 5.87. The molecule has 1 heterocycles. The molecule has 0 saturated carbocycles. The molecule has 1 N–H and O–H groups in total. The second-order valence-corrected chi connectivity index (χ2v) is 4.06. The SMILES string of the molecule is COCCN(CCC#N)c1ncc(C(=O)O)cc1C. The number of hydrogen-bond donors (Lipinski definition) is 1. The number of carboxylic acid groups (broad SMARTS) is 1. The summed E-state index contributed by atoms with van der Waals surface area (Å²) in [5.74, 6) is -0.306. The molecule has 0 bridgehead atoms. The maximum absolute atomic E-state index is 10.9. The van der Waals surface area contributed by atoms with Gasteiger partial charge in [-0.25, -0.2) is 9.78 Å². The van der Waals surface area contributed by atoms with E-state index in [4.69, 9.17) is 15.1 Å². The highest BCUT2D eigenvalue weighted by Crippen LogP contribution is 2.18. The summed E-state index contributed by atoms with van der Waals surface area (Å²) < 4.78 is 5.03. The molecule has 0 saturated heterocycles. The average Bonchev–Trinajstić information content (AvgIpc) is 2.39. The third kappa shape index (κ3) is 4.23. The standard InChI is InChI=1S/C13H17N3O3/c1-10-8-11(13(17)18)9-15-12(10)16(5-3-4-14)6-7-19-2/h8-9H,3,5-7H2,1-2H3,(H,17,18). The van der Waals surface area contributed by atoms with E-state index in [1.165, 1.54) is 6.20 Å². The lowest BCUT2D eigenvalue weighted by Gasteiger charge is -2.24. The van der Waals surface area contributed by atoms with Crippen LogP contribution in [0.25, 0.3) is 0 Å². The van der Waals surface area contributed by atoms with E-state index in [1.807, 2.05) is 4.90 Å². The van der Waals surface area contributed by atoms with Crippen molar-refractivity contribution in [3.8, 4) is 6.07 Å². The second kappa shape index (κ2) is 7.34. The number of anilines is 1. The Kier molecular flexibility index (Phi) is 5.76. The van der Waals surface area contributed by atoms with Crippen LogP contribution in [0.1, 0.15) is 22.3 Å². The lowest BCUT2D eigenvalue weighted by atomic mass is 10.2. The van der Waals surface area contributed by atoms with Gasteiger partial charge in [0.05, 0.1) is 24.7 Å². The Morgan fingerprint density at radius 2 is 2.32 bits per heavy atom. The van der Waals surface area contributed by atoms with Crippen molar-refractivity contribution in [3.05, 3.63) is 23.4 Å². The van der Waals surface area contributed by atoms with Gasteiger partial charge in [0.15, 0.2) is 0 Å². The van der Waals surface area contributed by atoms with E-state index in [-0.39, 0.29) is 5.56 Å². The van der Waals surface area contributed by atoms with Crippen LogP contribution in [-0.2, 0) is 4.74 Å². The van der Waals surface area contributed by atoms with Crippen LogP contribution >= 0.6 is 0 Å². The summed E-state index contributed by atoms with van der Waals surface area (Å²) in [6.07, 6.45) is 1.71. The highest BCUT2D eigenvalue weighted by atomic mass is 16.5. The number of ether oxygens (including phenoxy) is 1. The molecule has 19 heavy (non-hydrogen) atoms. The molecule has 1 rings (SSSR count). The van der Waals surface area contributed by atoms with Crippen LogP contribution in [0.3, 0.4) is 0 Å². The number of aryl methyl sites for hydroxylation is 1. The third-order valence-corrected chi connectivity index (χ3v) is 2.66. The molecule has 1 aromatic rings. The Hall–Kier alpha value is -2.13. The molecule has 0 atom stereocenters. The Balaban J connectivity index is 2.94. The van der Waals surface area contributed by atoms with Gasteiger partial charge in [0.25, 0.3) is 0 Å². The smallest absolute Gasteiger partial charge is 0.337 e. The molecule has 0 radical (unpaired) electrons. The number of aromatic carboxylic acids is 1. The molecule has 0 amide bonds. The van der Waals surface area contributed by atoms with Gasteiger partial charge in [-0.1, -0.05) is 0 Å². The first kappa shape index (κ1) is 14.9. The van der Waals surface area contributed by atoms with Crippen LogP contribution in [0, 0.1) is 18.3 Å². The largest absolute Gasteiger partial charge is 0.478 e. The number of methoxy groups -OCH3 is 1. The maximum atomic E-state index is 10.9. The molecular formula is C13H17N3O3. The maximum Gasteiger partial charge on any atom is 0.337 e. The fraction of sp³-hybridized carbons (Fsp3) is 0.462. The molecular weight excluding hydrogens is 246 g/mol. The van der Waals surface area contributed by atoms with Gasteiger partial charge in [-0.3, -0.25) is 0 Å². The number of nitrogens with zero attached hydrogens (tertiary/aromatic N) is 3. The van der Waals surface area contributed by atoms with Crippen LogP contribution in [-0.4, -0.2) is 42.9 Å². The van der Waals surface area contributed by atoms with Crippen molar-refractivity contribution in [2.24, 2.45) is 0 Å². The molecule has 0 spiro atoms. The monoisotopic (exact) mass is 263 g/mol. The van der Waals surface area contributed by atoms with E-state index in [2.05, 4.69) is 11.1 Å². The number of carbonyl (C=O) groups is 1. The first-order valence-electron chi connectivity index (χ1n) is 5.91. The molecule has 6 heteroatoms. The van der Waals surface area contributed by atoms with Crippen molar-refractivity contribution in [1.29, 1.82) is 5.26 Å². The summed E-state index contributed by atoms with van der Waals surface area (Å²) in [5, 5.41) is 17.6. The molecule has 0 unspecified atom stereocenters. The van der Waals surface area contributed by atoms with Gasteiger partial charge in [0, 0.05) is 26.4 Å². The van der Waals surface area contributed by atoms with Crippen LogP contribution in [0.4, 0.5) is 5.82 Å². The summed E-state index contributed by atoms with van der Waals surface area (Å²) >= 11 is 0. The zero-order chi connectivity index (χ0) is 14.3. The second-order valence-electron chi connectivity index (χ2n) is 4.06. The van der Waals surface area contributed by atoms with Gasteiger partial charge in [0.1, 0.15) is 5.82 Å². The zero-order valence-corrected chi connectivity index (χ0v) is 11.1. The van der Waals surface area contributed by atoms with Crippen molar-refractivity contribution in [1.82, 2.24) is 4.98 Å². The third-order valence-electron chi connectivity index (χ3n) is 2.66. The van der Waals surface area contributed by atoms with Gasteiger partial charge in [-0.15, -0.1) is 0 Å². The average molecular weight is 263 g/mol. The number of pyridine rings is 1. The topological polar surface area (TPSA) is 86.5 Å². The molecule has 6 nitrogen and oxygen atoms in total. The lowest BCUT2D eigenvalue weighted by molar-refractivity contribution is 0.0696. The fourth-order valence-corrected chi connectivity index (χ4v) is 1.73. The molecule has 0 aliphatic carbocycles. The Bertz CT molecular complexity index is 483. The molecule has 0 fully saturated rings. The van der Waals surface area contributed by atoms with E-state index >= 15 is 0 Å². The molecule has 0 aliphatic rings. The molecule has 0 aliphatic heterocycles. The first-order chi connectivity index (χ1) is 9.10. The van der Waals surface area contributed by atoms with E-state index in [9.17, 15) is 4.79 Å². The summed E-state index contributed by atoms with van der Waals surface area (Å²) in [4.78, 5) is 17.0. The van der Waals surface area contributed by atoms with Gasteiger partial charge >= 0.3 is 5.97 Å². The summed E-state index contributed by atoms with van der Waals surface area (Å²) in [6, 6.07) is 3.67. The minimum absolute atomic E-state index is 0.160. The van der Waals surface area contributed by atoms with Gasteiger partial charge in [0.2, 0.25) is 0 Å². The Morgan fingerprint density at radius 3 is 2.84 bits per heavy atom. The fourth-order valence-electron chi connectivity index (χ4n) is 1.73. The number of carboxylic acids is 1. The van der Waals surface area contributed by atoms with E-state index in [0.29, 0.717) is 31.9 Å². The zero-order valence-electron chi connectivity index (χ0n) is 11.1. The summed E-state index contributed by atoms with van der Waals surface area (Å²) in [5.41, 5.74) is 0.933. The van der Waals surface area contributed by atoms with E-state index in [0.717, 1.165) is 5.56 Å². The van der Waals surface area contributed by atoms with Crippen molar-refractivity contribution >= 4 is 11.8 Å². The minimum atomic E-state index is -0.998. The Labute approximate surface area is 112 Å². The van der Waals surface area contributed by atoms with Crippen LogP contribution in [0.15, 0.2) is 12.3 Å². The predicted octanol–water partition coefficient (Wildman–Crippen LogP) is 1.45. The molecule has 0 aromatic carbocycles. The summed E-state index contributed by atoms with van der Waals surface area (Å²) in [6.45, 7) is 3.48. The van der Waals surface area contributed by atoms with Gasteiger partial charge < -0.3 is 14.7 Å². The van der Waals surface area contributed by atoms with Crippen LogP contribution < -0.4 is 4.90 Å². The predicted molar refractivity (Wildman–Crippen MR) is 70.3 cm³/mol. The van der Waals surface area contributed by atoms with Crippen molar-refractivity contribution in [2.75, 3.05) is 31.7 Å². The molecule has 1 aromatic heterocycles. The van der Waals surface area contributed by atoms with E-state index in [1.54, 1.807) is 20.1 Å². The van der Waals surface area contributed by atoms with Gasteiger partial charge in [-0.2, -0.15) is 5.26 Å². The number of nitriles is 1.